The van der Waals surface area contributed by atoms with Crippen molar-refractivity contribution in [2.45, 2.75) is 4.90 Å². The summed E-state index contributed by atoms with van der Waals surface area (Å²) in [6.45, 7) is 0.574. The minimum atomic E-state index is -3.86. The summed E-state index contributed by atoms with van der Waals surface area (Å²) in [6, 6.07) is 11.3. The first-order valence-electron chi connectivity index (χ1n) is 9.85. The SMILES string of the molecule is COc1ccc(OC)c(S(=O)(=O)N2CCN(C(=O)c3n[nH]c(=O)c4ccccc34)CC2)c1. The average Bonchev–Trinajstić information content (AvgIpc) is 2.83. The number of methoxy groups -OCH3 is 2. The molecule has 0 saturated carbocycles. The minimum absolute atomic E-state index is 0.00687. The van der Waals surface area contributed by atoms with Crippen molar-refractivity contribution in [3.05, 3.63) is 58.5 Å². The third-order valence-corrected chi connectivity index (χ3v) is 7.33. The number of nitrogens with zero attached hydrogens (tertiary/aromatic N) is 3. The van der Waals surface area contributed by atoms with Crippen molar-refractivity contribution in [2.75, 3.05) is 40.4 Å². The van der Waals surface area contributed by atoms with Crippen molar-refractivity contribution in [1.82, 2.24) is 19.4 Å². The summed E-state index contributed by atoms with van der Waals surface area (Å²) in [5.41, 5.74) is -0.244. The van der Waals surface area contributed by atoms with Gasteiger partial charge in [-0.1, -0.05) is 18.2 Å². The number of aromatic nitrogens is 2. The van der Waals surface area contributed by atoms with E-state index in [2.05, 4.69) is 10.2 Å². The number of rotatable bonds is 5. The van der Waals surface area contributed by atoms with Crippen LogP contribution in [0.25, 0.3) is 10.8 Å². The highest BCUT2D eigenvalue weighted by molar-refractivity contribution is 7.89. The first-order chi connectivity index (χ1) is 15.4. The van der Waals surface area contributed by atoms with Crippen molar-refractivity contribution in [2.24, 2.45) is 0 Å². The van der Waals surface area contributed by atoms with Crippen LogP contribution in [0.4, 0.5) is 0 Å². The Morgan fingerprint density at radius 2 is 1.69 bits per heavy atom. The fourth-order valence-electron chi connectivity index (χ4n) is 3.68. The molecule has 0 spiro atoms. The van der Waals surface area contributed by atoms with Gasteiger partial charge in [-0.3, -0.25) is 9.59 Å². The van der Waals surface area contributed by atoms with E-state index in [9.17, 15) is 18.0 Å². The number of hydrogen-bond acceptors (Lipinski definition) is 7. The van der Waals surface area contributed by atoms with Gasteiger partial charge < -0.3 is 14.4 Å². The Bertz CT molecular complexity index is 1330. The zero-order valence-electron chi connectivity index (χ0n) is 17.6. The molecule has 0 bridgehead atoms. The molecule has 0 unspecified atom stereocenters. The molecule has 32 heavy (non-hydrogen) atoms. The highest BCUT2D eigenvalue weighted by atomic mass is 32.2. The Morgan fingerprint density at radius 1 is 1.00 bits per heavy atom. The van der Waals surface area contributed by atoms with Gasteiger partial charge in [-0.2, -0.15) is 9.40 Å². The van der Waals surface area contributed by atoms with Gasteiger partial charge in [0.2, 0.25) is 10.0 Å². The molecule has 1 aliphatic heterocycles. The summed E-state index contributed by atoms with van der Waals surface area (Å²) in [6.07, 6.45) is 0. The Morgan fingerprint density at radius 3 is 2.34 bits per heavy atom. The van der Waals surface area contributed by atoms with Gasteiger partial charge in [-0.15, -0.1) is 0 Å². The van der Waals surface area contributed by atoms with Crippen LogP contribution >= 0.6 is 0 Å². The number of ether oxygens (including phenoxy) is 2. The average molecular weight is 458 g/mol. The normalized spacial score (nSPS) is 15.0. The Kier molecular flexibility index (Phi) is 5.85. The number of hydrogen-bond donors (Lipinski definition) is 1. The second-order valence-electron chi connectivity index (χ2n) is 7.16. The first kappa shape index (κ1) is 21.8. The smallest absolute Gasteiger partial charge is 0.275 e. The van der Waals surface area contributed by atoms with Crippen LogP contribution in [0.1, 0.15) is 10.5 Å². The number of nitrogens with one attached hydrogen (secondary N) is 1. The van der Waals surface area contributed by atoms with Gasteiger partial charge in [-0.05, 0) is 18.2 Å². The summed E-state index contributed by atoms with van der Waals surface area (Å²) in [5.74, 6) is 0.246. The van der Waals surface area contributed by atoms with Crippen molar-refractivity contribution in [3.63, 3.8) is 0 Å². The third kappa shape index (κ3) is 3.80. The zero-order chi connectivity index (χ0) is 22.9. The van der Waals surface area contributed by atoms with Crippen molar-refractivity contribution in [3.8, 4) is 11.5 Å². The van der Waals surface area contributed by atoms with Gasteiger partial charge in [0.25, 0.3) is 11.5 Å². The molecule has 1 amide bonds. The van der Waals surface area contributed by atoms with Crippen LogP contribution in [0.2, 0.25) is 0 Å². The lowest BCUT2D eigenvalue weighted by molar-refractivity contribution is 0.0693. The predicted octanol–water partition coefficient (Wildman–Crippen LogP) is 1.09. The van der Waals surface area contributed by atoms with Crippen LogP contribution in [0.3, 0.4) is 0 Å². The fraction of sp³-hybridized carbons (Fsp3) is 0.286. The monoisotopic (exact) mass is 458 g/mol. The lowest BCUT2D eigenvalue weighted by Gasteiger charge is -2.34. The molecule has 1 aliphatic rings. The van der Waals surface area contributed by atoms with Crippen LogP contribution in [-0.2, 0) is 10.0 Å². The number of sulfonamides is 1. The van der Waals surface area contributed by atoms with Crippen LogP contribution in [-0.4, -0.2) is 74.1 Å². The second kappa shape index (κ2) is 8.60. The van der Waals surface area contributed by atoms with E-state index in [-0.39, 0.29) is 54.0 Å². The number of benzene rings is 2. The van der Waals surface area contributed by atoms with Gasteiger partial charge in [0, 0.05) is 37.6 Å². The number of piperazine rings is 1. The molecular formula is C21H22N4O6S. The maximum Gasteiger partial charge on any atom is 0.275 e. The molecule has 168 valence electrons. The summed E-state index contributed by atoms with van der Waals surface area (Å²) >= 11 is 0. The van der Waals surface area contributed by atoms with E-state index in [0.29, 0.717) is 16.5 Å². The molecule has 0 atom stereocenters. The van der Waals surface area contributed by atoms with Crippen molar-refractivity contribution >= 4 is 26.7 Å². The molecule has 1 aromatic heterocycles. The lowest BCUT2D eigenvalue weighted by Crippen LogP contribution is -2.50. The van der Waals surface area contributed by atoms with E-state index in [1.807, 2.05) is 0 Å². The Labute approximate surface area is 184 Å². The Hall–Kier alpha value is -3.44. The standard InChI is InChI=1S/C21H22N4O6S/c1-30-14-7-8-17(31-2)18(13-14)32(28,29)25-11-9-24(10-12-25)21(27)19-15-5-3-4-6-16(15)20(26)23-22-19/h3-8,13H,9-12H2,1-2H3,(H,23,26). The van der Waals surface area contributed by atoms with E-state index >= 15 is 0 Å². The molecule has 1 N–H and O–H groups in total. The van der Waals surface area contributed by atoms with E-state index in [0.717, 1.165) is 0 Å². The van der Waals surface area contributed by atoms with E-state index in [4.69, 9.17) is 9.47 Å². The number of carbonyl (C=O) groups excluding carboxylic acids is 1. The lowest BCUT2D eigenvalue weighted by atomic mass is 10.1. The van der Waals surface area contributed by atoms with Crippen molar-refractivity contribution in [1.29, 1.82) is 0 Å². The largest absolute Gasteiger partial charge is 0.497 e. The molecule has 4 rings (SSSR count). The molecular weight excluding hydrogens is 436 g/mol. The van der Waals surface area contributed by atoms with Gasteiger partial charge >= 0.3 is 0 Å². The molecule has 1 saturated heterocycles. The molecule has 2 aromatic carbocycles. The number of aromatic amines is 1. The van der Waals surface area contributed by atoms with Gasteiger partial charge in [0.1, 0.15) is 16.4 Å². The van der Waals surface area contributed by atoms with Gasteiger partial charge in [-0.25, -0.2) is 13.5 Å². The number of amides is 1. The molecule has 11 heteroatoms. The highest BCUT2D eigenvalue weighted by Gasteiger charge is 2.33. The number of fused-ring (bicyclic) bond motifs is 1. The summed E-state index contributed by atoms with van der Waals surface area (Å²) in [5, 5.41) is 7.13. The van der Waals surface area contributed by atoms with E-state index < -0.39 is 10.0 Å². The summed E-state index contributed by atoms with van der Waals surface area (Å²) in [7, 11) is -1.01. The molecule has 1 fully saturated rings. The van der Waals surface area contributed by atoms with Crippen LogP contribution in [0.15, 0.2) is 52.2 Å². The molecule has 0 aliphatic carbocycles. The zero-order valence-corrected chi connectivity index (χ0v) is 18.4. The first-order valence-corrected chi connectivity index (χ1v) is 11.3. The highest BCUT2D eigenvalue weighted by Crippen LogP contribution is 2.31. The van der Waals surface area contributed by atoms with Crippen LogP contribution < -0.4 is 15.0 Å². The molecule has 3 aromatic rings. The Balaban J connectivity index is 1.56. The maximum atomic E-state index is 13.2. The van der Waals surface area contributed by atoms with Crippen LogP contribution in [0.5, 0.6) is 11.5 Å². The van der Waals surface area contributed by atoms with Gasteiger partial charge in [0.05, 0.1) is 19.6 Å². The summed E-state index contributed by atoms with van der Waals surface area (Å²) in [4.78, 5) is 26.6. The molecule has 2 heterocycles. The predicted molar refractivity (Wildman–Crippen MR) is 117 cm³/mol. The van der Waals surface area contributed by atoms with Crippen LogP contribution in [0, 0.1) is 0 Å². The van der Waals surface area contributed by atoms with E-state index in [1.54, 1.807) is 36.4 Å². The second-order valence-corrected chi connectivity index (χ2v) is 9.07. The molecule has 0 radical (unpaired) electrons. The topological polar surface area (TPSA) is 122 Å². The third-order valence-electron chi connectivity index (χ3n) is 5.41. The molecule has 10 nitrogen and oxygen atoms in total. The fourth-order valence-corrected chi connectivity index (χ4v) is 5.28. The van der Waals surface area contributed by atoms with E-state index in [1.165, 1.54) is 29.5 Å². The maximum absolute atomic E-state index is 13.2. The minimum Gasteiger partial charge on any atom is -0.497 e. The quantitative estimate of drug-likeness (QED) is 0.607. The number of H-pyrrole nitrogens is 1. The van der Waals surface area contributed by atoms with Gasteiger partial charge in [0.15, 0.2) is 5.69 Å². The van der Waals surface area contributed by atoms with Crippen molar-refractivity contribution < 1.29 is 22.7 Å². The number of carbonyl (C=O) groups is 1. The summed E-state index contributed by atoms with van der Waals surface area (Å²) < 4.78 is 38.2.